The molecule has 1 atom stereocenters. The lowest BCUT2D eigenvalue weighted by molar-refractivity contribution is -0.116. The monoisotopic (exact) mass is 208 g/mol. The van der Waals surface area contributed by atoms with Crippen LogP contribution in [0.5, 0.6) is 0 Å². The molecule has 3 nitrogen and oxygen atoms in total. The van der Waals surface area contributed by atoms with Gasteiger partial charge in [0, 0.05) is 0 Å². The van der Waals surface area contributed by atoms with E-state index < -0.39 is 0 Å². The van der Waals surface area contributed by atoms with Crippen molar-refractivity contribution in [1.82, 2.24) is 5.32 Å². The molecule has 1 amide bonds. The van der Waals surface area contributed by atoms with Gasteiger partial charge in [-0.3, -0.25) is 9.79 Å². The summed E-state index contributed by atoms with van der Waals surface area (Å²) < 4.78 is 0. The second kappa shape index (κ2) is 3.61. The first-order valence-electron chi connectivity index (χ1n) is 4.59. The van der Waals surface area contributed by atoms with Crippen molar-refractivity contribution in [3.8, 4) is 0 Å². The summed E-state index contributed by atoms with van der Waals surface area (Å²) >= 11 is 1.63. The molecule has 0 aromatic heterocycles. The molecule has 0 aromatic rings. The lowest BCUT2D eigenvalue weighted by atomic mass is 10.0. The van der Waals surface area contributed by atoms with Crippen LogP contribution in [0.2, 0.25) is 0 Å². The average Bonchev–Trinajstić information content (AvgIpc) is 2.17. The highest BCUT2D eigenvalue weighted by molar-refractivity contribution is 8.05. The number of nitrogens with one attached hydrogen (secondary N) is 1. The minimum Gasteiger partial charge on any atom is -0.313 e. The number of rotatable bonds is 1. The third-order valence-corrected chi connectivity index (χ3v) is 3.48. The van der Waals surface area contributed by atoms with E-state index >= 15 is 0 Å². The maximum Gasteiger partial charge on any atom is 0.255 e. The molecule has 1 N–H and O–H groups in total. The first kappa shape index (κ1) is 9.52. The molecule has 0 fully saturated rings. The Morgan fingerprint density at radius 2 is 2.36 bits per heavy atom. The summed E-state index contributed by atoms with van der Waals surface area (Å²) in [5.41, 5.74) is 0.752. The van der Waals surface area contributed by atoms with Crippen LogP contribution >= 0.6 is 11.8 Å². The molecule has 4 heteroatoms. The quantitative estimate of drug-likeness (QED) is 0.712. The molecule has 2 rings (SSSR count). The van der Waals surface area contributed by atoms with Crippen molar-refractivity contribution in [2.24, 2.45) is 10.9 Å². The van der Waals surface area contributed by atoms with Gasteiger partial charge in [0.05, 0.1) is 11.9 Å². The molecule has 0 saturated carbocycles. The molecule has 0 spiro atoms. The Hall–Kier alpha value is -1.03. The Morgan fingerprint density at radius 1 is 1.57 bits per heavy atom. The normalized spacial score (nSPS) is 25.4. The molecule has 0 aliphatic carbocycles. The topological polar surface area (TPSA) is 41.5 Å². The summed E-state index contributed by atoms with van der Waals surface area (Å²) in [5, 5.41) is 4.49. The van der Waals surface area contributed by atoms with Crippen LogP contribution in [0.1, 0.15) is 13.8 Å². The Labute approximate surface area is 87.4 Å². The van der Waals surface area contributed by atoms with Crippen LogP contribution in [-0.2, 0) is 4.79 Å². The van der Waals surface area contributed by atoms with Crippen molar-refractivity contribution in [2.75, 3.05) is 0 Å². The molecule has 2 aliphatic rings. The molecule has 2 heterocycles. The zero-order valence-electron chi connectivity index (χ0n) is 8.15. The van der Waals surface area contributed by atoms with Crippen LogP contribution in [0, 0.1) is 5.92 Å². The molecule has 1 unspecified atom stereocenters. The molecule has 0 saturated heterocycles. The minimum atomic E-state index is -0.0672. The minimum absolute atomic E-state index is 0.0310. The van der Waals surface area contributed by atoms with E-state index in [1.165, 1.54) is 11.2 Å². The number of carbonyl (C=O) groups is 1. The van der Waals surface area contributed by atoms with Crippen molar-refractivity contribution in [1.29, 1.82) is 0 Å². The number of thioether (sulfide) groups is 1. The van der Waals surface area contributed by atoms with Crippen LogP contribution in [0.4, 0.5) is 0 Å². The number of carbonyl (C=O) groups excluding carboxylic acids is 1. The maximum atomic E-state index is 11.4. The van der Waals surface area contributed by atoms with Gasteiger partial charge in [0.25, 0.3) is 5.91 Å². The third-order valence-electron chi connectivity index (χ3n) is 2.22. The second-order valence-corrected chi connectivity index (χ2v) is 4.55. The number of allylic oxidation sites excluding steroid dienone is 1. The highest BCUT2D eigenvalue weighted by Crippen LogP contribution is 2.33. The largest absolute Gasteiger partial charge is 0.313 e. The van der Waals surface area contributed by atoms with Crippen molar-refractivity contribution >= 4 is 24.0 Å². The van der Waals surface area contributed by atoms with E-state index in [9.17, 15) is 4.79 Å². The summed E-state index contributed by atoms with van der Waals surface area (Å²) in [6, 6.07) is -0.0672. The fraction of sp³-hybridized carbons (Fsp3) is 0.400. The zero-order valence-corrected chi connectivity index (χ0v) is 8.97. The molecule has 14 heavy (non-hydrogen) atoms. The fourth-order valence-electron chi connectivity index (χ4n) is 1.39. The van der Waals surface area contributed by atoms with Crippen LogP contribution in [0.3, 0.4) is 0 Å². The predicted molar refractivity (Wildman–Crippen MR) is 59.0 cm³/mol. The highest BCUT2D eigenvalue weighted by Gasteiger charge is 2.25. The van der Waals surface area contributed by atoms with Gasteiger partial charge in [-0.25, -0.2) is 0 Å². The van der Waals surface area contributed by atoms with Crippen LogP contribution in [0.25, 0.3) is 0 Å². The van der Waals surface area contributed by atoms with Crippen LogP contribution in [-0.4, -0.2) is 18.3 Å². The molecular weight excluding hydrogens is 196 g/mol. The summed E-state index contributed by atoms with van der Waals surface area (Å²) in [7, 11) is 0. The lowest BCUT2D eigenvalue weighted by Crippen LogP contribution is -2.34. The van der Waals surface area contributed by atoms with E-state index in [0.29, 0.717) is 5.92 Å². The molecule has 2 aliphatic heterocycles. The van der Waals surface area contributed by atoms with Gasteiger partial charge in [0.1, 0.15) is 6.04 Å². The van der Waals surface area contributed by atoms with E-state index in [2.05, 4.69) is 30.2 Å². The van der Waals surface area contributed by atoms with Crippen molar-refractivity contribution < 1.29 is 4.79 Å². The Balaban J connectivity index is 2.28. The number of fused-ring (bicyclic) bond motifs is 1. The van der Waals surface area contributed by atoms with Gasteiger partial charge < -0.3 is 5.32 Å². The highest BCUT2D eigenvalue weighted by atomic mass is 32.2. The van der Waals surface area contributed by atoms with E-state index in [4.69, 9.17) is 0 Å². The van der Waals surface area contributed by atoms with E-state index in [-0.39, 0.29) is 11.9 Å². The molecule has 0 aromatic carbocycles. The van der Waals surface area contributed by atoms with Gasteiger partial charge >= 0.3 is 0 Å². The fourth-order valence-corrected chi connectivity index (χ4v) is 2.37. The Kier molecular flexibility index (Phi) is 2.46. The number of amides is 1. The smallest absolute Gasteiger partial charge is 0.255 e. The molecule has 0 bridgehead atoms. The average molecular weight is 208 g/mol. The first-order valence-corrected chi connectivity index (χ1v) is 5.47. The molecule has 74 valence electrons. The first-order chi connectivity index (χ1) is 6.68. The second-order valence-electron chi connectivity index (χ2n) is 3.61. The van der Waals surface area contributed by atoms with Gasteiger partial charge in [-0.2, -0.15) is 0 Å². The number of nitrogens with zero attached hydrogens (tertiary/aromatic N) is 1. The predicted octanol–water partition coefficient (Wildman–Crippen LogP) is 1.68. The SMILES string of the molecule is CC(C)C1=CC2N=CNC(=O)C2=CS1. The Morgan fingerprint density at radius 3 is 3.07 bits per heavy atom. The standard InChI is InChI=1S/C10H12N2OS/c1-6(2)9-3-8-7(4-14-9)10(13)12-5-11-8/h3-6,8H,1-2H3,(H,11,12,13). The number of hydrogen-bond donors (Lipinski definition) is 1. The maximum absolute atomic E-state index is 11.4. The van der Waals surface area contributed by atoms with Gasteiger partial charge in [-0.15, -0.1) is 11.8 Å². The zero-order chi connectivity index (χ0) is 10.1. The van der Waals surface area contributed by atoms with Crippen molar-refractivity contribution in [3.05, 3.63) is 22.0 Å². The van der Waals surface area contributed by atoms with Gasteiger partial charge in [0.2, 0.25) is 0 Å². The number of hydrogen-bond acceptors (Lipinski definition) is 3. The summed E-state index contributed by atoms with van der Waals surface area (Å²) in [4.78, 5) is 16.9. The lowest BCUT2D eigenvalue weighted by Gasteiger charge is -2.22. The molecule has 0 radical (unpaired) electrons. The summed E-state index contributed by atoms with van der Waals surface area (Å²) in [5.74, 6) is 0.467. The van der Waals surface area contributed by atoms with Crippen molar-refractivity contribution in [3.63, 3.8) is 0 Å². The summed E-state index contributed by atoms with van der Waals surface area (Å²) in [6.07, 6.45) is 3.55. The third kappa shape index (κ3) is 1.62. The van der Waals surface area contributed by atoms with Gasteiger partial charge in [0.15, 0.2) is 0 Å². The van der Waals surface area contributed by atoms with Crippen LogP contribution in [0.15, 0.2) is 27.0 Å². The number of aliphatic imine (C=N–C) groups is 1. The van der Waals surface area contributed by atoms with Crippen LogP contribution < -0.4 is 5.32 Å². The van der Waals surface area contributed by atoms with E-state index in [0.717, 1.165) is 5.57 Å². The van der Waals surface area contributed by atoms with Crippen molar-refractivity contribution in [2.45, 2.75) is 19.9 Å². The van der Waals surface area contributed by atoms with E-state index in [1.807, 2.05) is 5.41 Å². The molecular formula is C10H12N2OS. The summed E-state index contributed by atoms with van der Waals surface area (Å²) in [6.45, 7) is 4.29. The van der Waals surface area contributed by atoms with Gasteiger partial charge in [-0.05, 0) is 22.3 Å². The Bertz CT molecular complexity index is 355. The van der Waals surface area contributed by atoms with Gasteiger partial charge in [-0.1, -0.05) is 13.8 Å². The van der Waals surface area contributed by atoms with E-state index in [1.54, 1.807) is 11.8 Å².